The molecule has 19 heavy (non-hydrogen) atoms. The first kappa shape index (κ1) is 16.1. The van der Waals surface area contributed by atoms with E-state index in [2.05, 4.69) is 31.3 Å². The predicted octanol–water partition coefficient (Wildman–Crippen LogP) is 3.71. The normalized spacial score (nSPS) is 12.9. The molecule has 0 aliphatic carbocycles. The molecule has 2 nitrogen and oxygen atoms in total. The van der Waals surface area contributed by atoms with Crippen molar-refractivity contribution < 1.29 is 13.5 Å². The molecule has 1 unspecified atom stereocenters. The molecular weight excluding hydrogens is 248 g/mol. The van der Waals surface area contributed by atoms with Gasteiger partial charge >= 0.3 is 0 Å². The number of hydrogen-bond acceptors (Lipinski definition) is 2. The SMILES string of the molecule is CCCNC(CCOCC(F)F)c1ccccc1C. The first-order chi connectivity index (χ1) is 9.15. The molecule has 0 aliphatic heterocycles. The van der Waals surface area contributed by atoms with Gasteiger partial charge in [-0.25, -0.2) is 8.78 Å². The Kier molecular flexibility index (Phi) is 7.60. The molecule has 0 amide bonds. The zero-order chi connectivity index (χ0) is 14.1. The van der Waals surface area contributed by atoms with Crippen LogP contribution in [0.15, 0.2) is 24.3 Å². The molecule has 0 heterocycles. The van der Waals surface area contributed by atoms with Crippen LogP contribution in [0.2, 0.25) is 0 Å². The zero-order valence-corrected chi connectivity index (χ0v) is 11.7. The van der Waals surface area contributed by atoms with Gasteiger partial charge in [0.05, 0.1) is 0 Å². The van der Waals surface area contributed by atoms with Crippen molar-refractivity contribution >= 4 is 0 Å². The Hall–Kier alpha value is -1.00. The summed E-state index contributed by atoms with van der Waals surface area (Å²) >= 11 is 0. The van der Waals surface area contributed by atoms with E-state index in [9.17, 15) is 8.78 Å². The van der Waals surface area contributed by atoms with Crippen LogP contribution in [0.5, 0.6) is 0 Å². The van der Waals surface area contributed by atoms with Gasteiger partial charge in [0.1, 0.15) is 6.61 Å². The van der Waals surface area contributed by atoms with Gasteiger partial charge in [0.25, 0.3) is 6.43 Å². The molecule has 1 N–H and O–H groups in total. The highest BCUT2D eigenvalue weighted by molar-refractivity contribution is 5.28. The van der Waals surface area contributed by atoms with Gasteiger partial charge in [0, 0.05) is 12.6 Å². The molecule has 0 spiro atoms. The Balaban J connectivity index is 2.54. The predicted molar refractivity (Wildman–Crippen MR) is 73.7 cm³/mol. The third-order valence-corrected chi connectivity index (χ3v) is 3.00. The highest BCUT2D eigenvalue weighted by atomic mass is 19.3. The Morgan fingerprint density at radius 2 is 2.00 bits per heavy atom. The maximum atomic E-state index is 12.0. The van der Waals surface area contributed by atoms with Crippen LogP contribution >= 0.6 is 0 Å². The second-order valence-electron chi connectivity index (χ2n) is 4.62. The number of alkyl halides is 2. The molecule has 1 aromatic rings. The van der Waals surface area contributed by atoms with Gasteiger partial charge in [-0.3, -0.25) is 0 Å². The van der Waals surface area contributed by atoms with Gasteiger partial charge < -0.3 is 10.1 Å². The van der Waals surface area contributed by atoms with E-state index in [1.807, 2.05) is 12.1 Å². The summed E-state index contributed by atoms with van der Waals surface area (Å²) in [6.07, 6.45) is -0.641. The fourth-order valence-electron chi connectivity index (χ4n) is 2.04. The van der Waals surface area contributed by atoms with Crippen LogP contribution in [0.25, 0.3) is 0 Å². The lowest BCUT2D eigenvalue weighted by Gasteiger charge is -2.21. The third-order valence-electron chi connectivity index (χ3n) is 3.00. The first-order valence-corrected chi connectivity index (χ1v) is 6.80. The molecule has 0 aliphatic rings. The highest BCUT2D eigenvalue weighted by Gasteiger charge is 2.13. The molecule has 1 aromatic carbocycles. The second kappa shape index (κ2) is 8.99. The lowest BCUT2D eigenvalue weighted by atomic mass is 9.99. The van der Waals surface area contributed by atoms with Crippen molar-refractivity contribution in [2.24, 2.45) is 0 Å². The minimum Gasteiger partial charge on any atom is -0.375 e. The molecule has 0 radical (unpaired) electrons. The summed E-state index contributed by atoms with van der Waals surface area (Å²) in [7, 11) is 0. The largest absolute Gasteiger partial charge is 0.375 e. The van der Waals surface area contributed by atoms with Crippen LogP contribution in [-0.2, 0) is 4.74 Å². The molecule has 1 rings (SSSR count). The lowest BCUT2D eigenvalue weighted by Crippen LogP contribution is -2.24. The van der Waals surface area contributed by atoms with Crippen molar-refractivity contribution in [3.05, 3.63) is 35.4 Å². The van der Waals surface area contributed by atoms with E-state index in [1.54, 1.807) is 0 Å². The summed E-state index contributed by atoms with van der Waals surface area (Å²) in [6, 6.07) is 8.32. The molecular formula is C15H23F2NO. The van der Waals surface area contributed by atoms with E-state index in [1.165, 1.54) is 11.1 Å². The van der Waals surface area contributed by atoms with E-state index in [4.69, 9.17) is 4.74 Å². The topological polar surface area (TPSA) is 21.3 Å². The number of ether oxygens (including phenoxy) is 1. The van der Waals surface area contributed by atoms with E-state index in [0.717, 1.165) is 13.0 Å². The summed E-state index contributed by atoms with van der Waals surface area (Å²) in [4.78, 5) is 0. The van der Waals surface area contributed by atoms with Crippen LogP contribution < -0.4 is 5.32 Å². The quantitative estimate of drug-likeness (QED) is 0.691. The first-order valence-electron chi connectivity index (χ1n) is 6.80. The molecule has 1 atom stereocenters. The monoisotopic (exact) mass is 271 g/mol. The smallest absolute Gasteiger partial charge is 0.261 e. The van der Waals surface area contributed by atoms with Gasteiger partial charge in [-0.1, -0.05) is 31.2 Å². The van der Waals surface area contributed by atoms with Crippen molar-refractivity contribution in [3.63, 3.8) is 0 Å². The minimum atomic E-state index is -2.39. The molecule has 4 heteroatoms. The number of rotatable bonds is 9. The maximum Gasteiger partial charge on any atom is 0.261 e. The van der Waals surface area contributed by atoms with E-state index in [0.29, 0.717) is 13.0 Å². The Morgan fingerprint density at radius 3 is 2.63 bits per heavy atom. The molecule has 0 fully saturated rings. The van der Waals surface area contributed by atoms with Crippen molar-refractivity contribution in [2.45, 2.75) is 39.2 Å². The van der Waals surface area contributed by atoms with Crippen LogP contribution in [0, 0.1) is 6.92 Å². The number of hydrogen-bond donors (Lipinski definition) is 1. The standard InChI is InChI=1S/C15H23F2NO/c1-3-9-18-14(8-10-19-11-15(16)17)13-7-5-4-6-12(13)2/h4-7,14-15,18H,3,8-11H2,1-2H3. The Bertz CT molecular complexity index is 358. The summed E-state index contributed by atoms with van der Waals surface area (Å²) in [6.45, 7) is 4.95. The van der Waals surface area contributed by atoms with E-state index in [-0.39, 0.29) is 6.04 Å². The van der Waals surface area contributed by atoms with Gasteiger partial charge in [0.2, 0.25) is 0 Å². The summed E-state index contributed by atoms with van der Waals surface area (Å²) in [5.41, 5.74) is 2.43. The summed E-state index contributed by atoms with van der Waals surface area (Å²) in [5.74, 6) is 0. The van der Waals surface area contributed by atoms with Crippen LogP contribution in [-0.4, -0.2) is 26.2 Å². The highest BCUT2D eigenvalue weighted by Crippen LogP contribution is 2.20. The number of benzene rings is 1. The van der Waals surface area contributed by atoms with Gasteiger partial charge in [-0.2, -0.15) is 0 Å². The molecule has 0 aromatic heterocycles. The van der Waals surface area contributed by atoms with Crippen molar-refractivity contribution in [1.82, 2.24) is 5.32 Å². The van der Waals surface area contributed by atoms with Crippen LogP contribution in [0.1, 0.15) is 36.9 Å². The third kappa shape index (κ3) is 6.12. The second-order valence-corrected chi connectivity index (χ2v) is 4.62. The molecule has 108 valence electrons. The summed E-state index contributed by atoms with van der Waals surface area (Å²) in [5, 5.41) is 3.45. The fraction of sp³-hybridized carbons (Fsp3) is 0.600. The number of aryl methyl sites for hydroxylation is 1. The minimum absolute atomic E-state index is 0.166. The molecule has 0 bridgehead atoms. The van der Waals surface area contributed by atoms with Crippen LogP contribution in [0.3, 0.4) is 0 Å². The Labute approximate surface area is 114 Å². The fourth-order valence-corrected chi connectivity index (χ4v) is 2.04. The van der Waals surface area contributed by atoms with Crippen molar-refractivity contribution in [2.75, 3.05) is 19.8 Å². The number of halogens is 2. The van der Waals surface area contributed by atoms with E-state index >= 15 is 0 Å². The zero-order valence-electron chi connectivity index (χ0n) is 11.7. The summed E-state index contributed by atoms with van der Waals surface area (Å²) < 4.78 is 29.0. The van der Waals surface area contributed by atoms with Crippen LogP contribution in [0.4, 0.5) is 8.78 Å². The van der Waals surface area contributed by atoms with Gasteiger partial charge in [-0.05, 0) is 37.4 Å². The molecule has 0 saturated carbocycles. The van der Waals surface area contributed by atoms with Crippen molar-refractivity contribution in [3.8, 4) is 0 Å². The lowest BCUT2D eigenvalue weighted by molar-refractivity contribution is 0.0143. The Morgan fingerprint density at radius 1 is 1.26 bits per heavy atom. The number of nitrogens with one attached hydrogen (secondary N) is 1. The molecule has 0 saturated heterocycles. The average molecular weight is 271 g/mol. The van der Waals surface area contributed by atoms with Gasteiger partial charge in [0.15, 0.2) is 0 Å². The van der Waals surface area contributed by atoms with E-state index < -0.39 is 13.0 Å². The van der Waals surface area contributed by atoms with Gasteiger partial charge in [-0.15, -0.1) is 0 Å². The maximum absolute atomic E-state index is 12.0. The van der Waals surface area contributed by atoms with Crippen molar-refractivity contribution in [1.29, 1.82) is 0 Å². The average Bonchev–Trinajstić information content (AvgIpc) is 2.39.